The predicted octanol–water partition coefficient (Wildman–Crippen LogP) is 6.32. The molecule has 4 nitrogen and oxygen atoms in total. The van der Waals surface area contributed by atoms with Crippen molar-refractivity contribution in [3.8, 4) is 0 Å². The highest BCUT2D eigenvalue weighted by atomic mass is 16.2. The normalized spacial score (nSPS) is 24.7. The smallest absolute Gasteiger partial charge is 0.233 e. The number of piperidine rings is 1. The van der Waals surface area contributed by atoms with Crippen molar-refractivity contribution in [2.24, 2.45) is 5.92 Å². The average Bonchev–Trinajstić information content (AvgIpc) is 2.94. The number of rotatable bonds is 12. The summed E-state index contributed by atoms with van der Waals surface area (Å²) < 4.78 is 0. The van der Waals surface area contributed by atoms with Crippen molar-refractivity contribution in [2.45, 2.75) is 142 Å². The first kappa shape index (κ1) is 25.4. The Bertz CT molecular complexity index is 551. The Morgan fingerprint density at radius 2 is 1.27 bits per heavy atom. The van der Waals surface area contributed by atoms with E-state index in [0.717, 1.165) is 25.7 Å². The van der Waals surface area contributed by atoms with Gasteiger partial charge in [-0.05, 0) is 54.0 Å². The van der Waals surface area contributed by atoms with Gasteiger partial charge >= 0.3 is 0 Å². The Morgan fingerprint density at radius 3 is 1.77 bits per heavy atom. The van der Waals surface area contributed by atoms with E-state index in [1.54, 1.807) is 4.90 Å². The Kier molecular flexibility index (Phi) is 9.39. The zero-order valence-electron chi connectivity index (χ0n) is 20.8. The molecular weight excluding hydrogens is 372 g/mol. The lowest BCUT2D eigenvalue weighted by molar-refractivity contribution is -0.146. The molecule has 174 valence electrons. The number of carbonyl (C=O) groups excluding carboxylic acids is 2. The number of nitrogens with zero attached hydrogens (tertiary/aromatic N) is 2. The number of carbonyl (C=O) groups is 2. The summed E-state index contributed by atoms with van der Waals surface area (Å²) in [7, 11) is 2.16. The van der Waals surface area contributed by atoms with Gasteiger partial charge in [-0.2, -0.15) is 0 Å². The first-order valence-electron chi connectivity index (χ1n) is 12.7. The number of likely N-dealkylation sites (tertiary alicyclic amines) is 2. The lowest BCUT2D eigenvalue weighted by Crippen LogP contribution is -2.63. The number of unbranched alkanes of at least 4 members (excludes halogenated alkanes) is 9. The summed E-state index contributed by atoms with van der Waals surface area (Å²) in [4.78, 5) is 29.9. The molecule has 0 spiro atoms. The van der Waals surface area contributed by atoms with E-state index in [1.807, 2.05) is 0 Å². The van der Waals surface area contributed by atoms with E-state index in [0.29, 0.717) is 6.42 Å². The van der Waals surface area contributed by atoms with Gasteiger partial charge in [0, 0.05) is 29.5 Å². The molecule has 30 heavy (non-hydrogen) atoms. The molecule has 2 fully saturated rings. The predicted molar refractivity (Wildman–Crippen MR) is 125 cm³/mol. The third-order valence-electron chi connectivity index (χ3n) is 7.83. The van der Waals surface area contributed by atoms with Gasteiger partial charge < -0.3 is 0 Å². The summed E-state index contributed by atoms with van der Waals surface area (Å²) in [6.45, 7) is 11.2. The summed E-state index contributed by atoms with van der Waals surface area (Å²) >= 11 is 0. The molecule has 2 aliphatic rings. The molecule has 0 N–H and O–H groups in total. The molecule has 0 radical (unpaired) electrons. The third kappa shape index (κ3) is 6.55. The van der Waals surface area contributed by atoms with Crippen molar-refractivity contribution in [3.05, 3.63) is 0 Å². The van der Waals surface area contributed by atoms with Crippen LogP contribution >= 0.6 is 0 Å². The minimum atomic E-state index is -0.0718. The molecule has 2 amide bonds. The Labute approximate surface area is 186 Å². The summed E-state index contributed by atoms with van der Waals surface area (Å²) in [6, 6.07) is 0.0453. The highest BCUT2D eigenvalue weighted by Crippen LogP contribution is 2.41. The number of amides is 2. The van der Waals surface area contributed by atoms with Gasteiger partial charge in [0.2, 0.25) is 11.8 Å². The molecular formula is C26H48N2O2. The second-order valence-corrected chi connectivity index (χ2v) is 11.2. The van der Waals surface area contributed by atoms with Gasteiger partial charge in [-0.25, -0.2) is 0 Å². The molecule has 2 saturated heterocycles. The van der Waals surface area contributed by atoms with Crippen LogP contribution in [0, 0.1) is 5.92 Å². The van der Waals surface area contributed by atoms with Gasteiger partial charge in [0.1, 0.15) is 0 Å². The quantitative estimate of drug-likeness (QED) is 0.274. The number of hydrogen-bond donors (Lipinski definition) is 0. The summed E-state index contributed by atoms with van der Waals surface area (Å²) in [5.74, 6) is 0.104. The first-order chi connectivity index (χ1) is 14.1. The fourth-order valence-corrected chi connectivity index (χ4v) is 5.70. The van der Waals surface area contributed by atoms with Crippen LogP contribution < -0.4 is 0 Å². The number of hydrogen-bond acceptors (Lipinski definition) is 3. The zero-order valence-corrected chi connectivity index (χ0v) is 20.8. The second-order valence-electron chi connectivity index (χ2n) is 11.2. The minimum Gasteiger partial charge on any atom is -0.296 e. The van der Waals surface area contributed by atoms with E-state index in [2.05, 4.69) is 46.6 Å². The molecule has 0 aromatic carbocycles. The van der Waals surface area contributed by atoms with Gasteiger partial charge in [-0.15, -0.1) is 0 Å². The fourth-order valence-electron chi connectivity index (χ4n) is 5.70. The summed E-state index contributed by atoms with van der Waals surface area (Å²) in [6.07, 6.45) is 16.1. The molecule has 0 saturated carbocycles. The maximum absolute atomic E-state index is 13.1. The molecule has 0 aromatic rings. The molecule has 0 aliphatic carbocycles. The SMILES string of the molecule is CCCCCCCCCCCC[C@@H]1CC(=O)N(C2CC(C)(C)N(C)C(C)(C)C2)C1=O. The molecule has 0 unspecified atom stereocenters. The van der Waals surface area contributed by atoms with Crippen molar-refractivity contribution >= 4 is 11.8 Å². The van der Waals surface area contributed by atoms with E-state index in [1.165, 1.54) is 57.8 Å². The Balaban J connectivity index is 1.73. The van der Waals surface area contributed by atoms with Crippen LogP contribution in [0.3, 0.4) is 0 Å². The molecule has 4 heteroatoms. The van der Waals surface area contributed by atoms with Crippen molar-refractivity contribution in [2.75, 3.05) is 7.05 Å². The van der Waals surface area contributed by atoms with Crippen LogP contribution in [0.2, 0.25) is 0 Å². The van der Waals surface area contributed by atoms with Crippen molar-refractivity contribution < 1.29 is 9.59 Å². The van der Waals surface area contributed by atoms with Crippen LogP contribution in [-0.2, 0) is 9.59 Å². The van der Waals surface area contributed by atoms with Crippen molar-refractivity contribution in [1.29, 1.82) is 0 Å². The molecule has 2 rings (SSSR count). The van der Waals surface area contributed by atoms with Gasteiger partial charge in [0.15, 0.2) is 0 Å². The largest absolute Gasteiger partial charge is 0.296 e. The summed E-state index contributed by atoms with van der Waals surface area (Å²) in [5.41, 5.74) is -0.0246. The van der Waals surface area contributed by atoms with Gasteiger partial charge in [0.05, 0.1) is 0 Å². The van der Waals surface area contributed by atoms with Crippen molar-refractivity contribution in [1.82, 2.24) is 9.80 Å². The summed E-state index contributed by atoms with van der Waals surface area (Å²) in [5, 5.41) is 0. The van der Waals surface area contributed by atoms with Crippen LogP contribution in [-0.4, -0.2) is 45.8 Å². The van der Waals surface area contributed by atoms with E-state index in [-0.39, 0.29) is 34.9 Å². The molecule has 0 bridgehead atoms. The maximum atomic E-state index is 13.1. The lowest BCUT2D eigenvalue weighted by Gasteiger charge is -2.54. The van der Waals surface area contributed by atoms with Crippen LogP contribution in [0.1, 0.15) is 125 Å². The van der Waals surface area contributed by atoms with Gasteiger partial charge in [0.25, 0.3) is 0 Å². The van der Waals surface area contributed by atoms with E-state index in [4.69, 9.17) is 0 Å². The van der Waals surface area contributed by atoms with Gasteiger partial charge in [-0.3, -0.25) is 19.4 Å². The highest BCUT2D eigenvalue weighted by Gasteiger charge is 2.50. The van der Waals surface area contributed by atoms with E-state index >= 15 is 0 Å². The zero-order chi connectivity index (χ0) is 22.4. The van der Waals surface area contributed by atoms with Gasteiger partial charge in [-0.1, -0.05) is 71.1 Å². The topological polar surface area (TPSA) is 40.6 Å². The highest BCUT2D eigenvalue weighted by molar-refractivity contribution is 6.03. The minimum absolute atomic E-state index is 0.0123. The van der Waals surface area contributed by atoms with Crippen LogP contribution in [0.25, 0.3) is 0 Å². The molecule has 1 atom stereocenters. The van der Waals surface area contributed by atoms with Crippen LogP contribution in [0.5, 0.6) is 0 Å². The van der Waals surface area contributed by atoms with E-state index < -0.39 is 0 Å². The first-order valence-corrected chi connectivity index (χ1v) is 12.7. The standard InChI is InChI=1S/C26H48N2O2/c1-7-8-9-10-11-12-13-14-15-16-17-21-18-23(29)28(24(21)30)22-19-25(2,3)27(6)26(4,5)20-22/h21-22H,7-20H2,1-6H3/t21-/m1/s1. The third-order valence-corrected chi connectivity index (χ3v) is 7.83. The van der Waals surface area contributed by atoms with E-state index in [9.17, 15) is 9.59 Å². The molecule has 2 aliphatic heterocycles. The Morgan fingerprint density at radius 1 is 0.800 bits per heavy atom. The molecule has 0 aromatic heterocycles. The lowest BCUT2D eigenvalue weighted by atomic mass is 9.77. The molecule has 2 heterocycles. The Hall–Kier alpha value is -0.900. The second kappa shape index (κ2) is 11.1. The monoisotopic (exact) mass is 420 g/mol. The van der Waals surface area contributed by atoms with Crippen molar-refractivity contribution in [3.63, 3.8) is 0 Å². The van der Waals surface area contributed by atoms with Crippen LogP contribution in [0.4, 0.5) is 0 Å². The van der Waals surface area contributed by atoms with Crippen LogP contribution in [0.15, 0.2) is 0 Å². The maximum Gasteiger partial charge on any atom is 0.233 e. The average molecular weight is 421 g/mol. The number of imide groups is 1. The fraction of sp³-hybridized carbons (Fsp3) is 0.923.